The molecule has 1 heterocycles. The van der Waals surface area contributed by atoms with Gasteiger partial charge >= 0.3 is 0 Å². The summed E-state index contributed by atoms with van der Waals surface area (Å²) in [5, 5.41) is 4.61. The van der Waals surface area contributed by atoms with Crippen LogP contribution in [0, 0.1) is 5.92 Å². The van der Waals surface area contributed by atoms with Crippen molar-refractivity contribution in [1.82, 2.24) is 9.78 Å². The first-order valence-electron chi connectivity index (χ1n) is 7.46. The third-order valence-corrected chi connectivity index (χ3v) is 4.35. The average Bonchev–Trinajstić information content (AvgIpc) is 2.84. The zero-order valence-electron chi connectivity index (χ0n) is 12.1. The van der Waals surface area contributed by atoms with Gasteiger partial charge in [0.25, 0.3) is 0 Å². The molecule has 0 amide bonds. The average molecular weight is 299 g/mol. The highest BCUT2D eigenvalue weighted by atomic mass is 35.5. The van der Waals surface area contributed by atoms with Crippen LogP contribution >= 0.6 is 11.6 Å². The minimum atomic E-state index is 0.106. The largest absolute Gasteiger partial charge is 0.383 e. The summed E-state index contributed by atoms with van der Waals surface area (Å²) in [4.78, 5) is 12.4. The first-order chi connectivity index (χ1) is 9.72. The van der Waals surface area contributed by atoms with Gasteiger partial charge in [0.1, 0.15) is 5.69 Å². The molecule has 1 fully saturated rings. The van der Waals surface area contributed by atoms with Gasteiger partial charge in [-0.3, -0.25) is 9.48 Å². The molecule has 0 unspecified atom stereocenters. The van der Waals surface area contributed by atoms with Gasteiger partial charge in [-0.2, -0.15) is 5.10 Å². The SMILES string of the molecule is COCCn1ncc(Cl)c1C(=O)CCC1CCCCC1. The van der Waals surface area contributed by atoms with Crippen molar-refractivity contribution < 1.29 is 9.53 Å². The lowest BCUT2D eigenvalue weighted by Gasteiger charge is -2.21. The molecule has 0 radical (unpaired) electrons. The van der Waals surface area contributed by atoms with Crippen molar-refractivity contribution in [2.75, 3.05) is 13.7 Å². The molecule has 1 aliphatic carbocycles. The fourth-order valence-electron chi connectivity index (χ4n) is 2.92. The number of hydrogen-bond acceptors (Lipinski definition) is 3. The first kappa shape index (κ1) is 15.5. The van der Waals surface area contributed by atoms with Gasteiger partial charge < -0.3 is 4.74 Å². The van der Waals surface area contributed by atoms with Crippen LogP contribution < -0.4 is 0 Å². The minimum Gasteiger partial charge on any atom is -0.383 e. The van der Waals surface area contributed by atoms with Gasteiger partial charge in [-0.25, -0.2) is 0 Å². The standard InChI is InChI=1S/C15H23ClN2O2/c1-20-10-9-18-15(13(16)11-17-18)14(19)8-7-12-5-3-2-4-6-12/h11-12H,2-10H2,1H3. The number of carbonyl (C=O) groups is 1. The topological polar surface area (TPSA) is 44.1 Å². The Hall–Kier alpha value is -0.870. The van der Waals surface area contributed by atoms with E-state index in [0.717, 1.165) is 6.42 Å². The lowest BCUT2D eigenvalue weighted by atomic mass is 9.85. The van der Waals surface area contributed by atoms with Crippen molar-refractivity contribution >= 4 is 17.4 Å². The second-order valence-electron chi connectivity index (χ2n) is 5.52. The molecule has 0 saturated heterocycles. The maximum absolute atomic E-state index is 12.4. The third kappa shape index (κ3) is 4.06. The molecule has 1 aromatic rings. The Balaban J connectivity index is 1.92. The van der Waals surface area contributed by atoms with Gasteiger partial charge in [-0.1, -0.05) is 43.7 Å². The molecule has 112 valence electrons. The predicted molar refractivity (Wildman–Crippen MR) is 79.3 cm³/mol. The summed E-state index contributed by atoms with van der Waals surface area (Å²) >= 11 is 6.10. The lowest BCUT2D eigenvalue weighted by molar-refractivity contribution is 0.0956. The maximum atomic E-state index is 12.4. The van der Waals surface area contributed by atoms with E-state index in [0.29, 0.717) is 36.2 Å². The normalized spacial score (nSPS) is 16.5. The van der Waals surface area contributed by atoms with Crippen LogP contribution in [0.4, 0.5) is 0 Å². The van der Waals surface area contributed by atoms with Crippen LogP contribution in [0.5, 0.6) is 0 Å². The van der Waals surface area contributed by atoms with Crippen LogP contribution in [0.1, 0.15) is 55.4 Å². The van der Waals surface area contributed by atoms with Crippen LogP contribution in [0.2, 0.25) is 5.02 Å². The maximum Gasteiger partial charge on any atom is 0.182 e. The molecule has 2 rings (SSSR count). The Labute approximate surface area is 125 Å². The Kier molecular flexibility index (Phi) is 6.05. The monoisotopic (exact) mass is 298 g/mol. The summed E-state index contributed by atoms with van der Waals surface area (Å²) < 4.78 is 6.69. The quantitative estimate of drug-likeness (QED) is 0.721. The Morgan fingerprint density at radius 3 is 2.90 bits per heavy atom. The Morgan fingerprint density at radius 2 is 2.20 bits per heavy atom. The molecule has 1 aromatic heterocycles. The number of carbonyl (C=O) groups excluding carboxylic acids is 1. The molecule has 5 heteroatoms. The molecule has 1 aliphatic rings. The number of halogens is 1. The van der Waals surface area contributed by atoms with E-state index in [-0.39, 0.29) is 5.78 Å². The van der Waals surface area contributed by atoms with E-state index < -0.39 is 0 Å². The molecular formula is C15H23ClN2O2. The van der Waals surface area contributed by atoms with Crippen molar-refractivity contribution in [1.29, 1.82) is 0 Å². The fraction of sp³-hybridized carbons (Fsp3) is 0.733. The van der Waals surface area contributed by atoms with E-state index in [2.05, 4.69) is 5.10 Å². The van der Waals surface area contributed by atoms with Gasteiger partial charge in [0.15, 0.2) is 5.78 Å². The van der Waals surface area contributed by atoms with E-state index >= 15 is 0 Å². The van der Waals surface area contributed by atoms with Crippen molar-refractivity contribution in [3.63, 3.8) is 0 Å². The number of hydrogen-bond donors (Lipinski definition) is 0. The van der Waals surface area contributed by atoms with Crippen molar-refractivity contribution in [3.05, 3.63) is 16.9 Å². The molecule has 4 nitrogen and oxygen atoms in total. The summed E-state index contributed by atoms with van der Waals surface area (Å²) in [5.41, 5.74) is 0.541. The number of aromatic nitrogens is 2. The summed E-state index contributed by atoms with van der Waals surface area (Å²) in [6.45, 7) is 1.09. The van der Waals surface area contributed by atoms with Crippen LogP contribution in [0.25, 0.3) is 0 Å². The van der Waals surface area contributed by atoms with E-state index in [1.54, 1.807) is 18.0 Å². The Morgan fingerprint density at radius 1 is 1.45 bits per heavy atom. The molecule has 0 N–H and O–H groups in total. The summed E-state index contributed by atoms with van der Waals surface area (Å²) in [6.07, 6.45) is 9.60. The van der Waals surface area contributed by atoms with Crippen LogP contribution in [0.15, 0.2) is 6.20 Å². The van der Waals surface area contributed by atoms with Gasteiger partial charge in [-0.05, 0) is 12.3 Å². The highest BCUT2D eigenvalue weighted by molar-refractivity contribution is 6.33. The molecular weight excluding hydrogens is 276 g/mol. The second kappa shape index (κ2) is 7.79. The fourth-order valence-corrected chi connectivity index (χ4v) is 3.16. The second-order valence-corrected chi connectivity index (χ2v) is 5.93. The first-order valence-corrected chi connectivity index (χ1v) is 7.83. The Bertz CT molecular complexity index is 439. The minimum absolute atomic E-state index is 0.106. The highest BCUT2D eigenvalue weighted by Gasteiger charge is 2.20. The predicted octanol–water partition coefficient (Wildman–Crippen LogP) is 3.73. The van der Waals surface area contributed by atoms with Gasteiger partial charge in [0.05, 0.1) is 24.4 Å². The zero-order chi connectivity index (χ0) is 14.4. The van der Waals surface area contributed by atoms with Gasteiger partial charge in [0.2, 0.25) is 0 Å². The molecule has 0 bridgehead atoms. The molecule has 20 heavy (non-hydrogen) atoms. The summed E-state index contributed by atoms with van der Waals surface area (Å²) in [7, 11) is 1.63. The molecule has 0 aliphatic heterocycles. The lowest BCUT2D eigenvalue weighted by Crippen LogP contribution is -2.15. The van der Waals surface area contributed by atoms with Crippen molar-refractivity contribution in [3.8, 4) is 0 Å². The zero-order valence-corrected chi connectivity index (χ0v) is 12.9. The van der Waals surface area contributed by atoms with Crippen LogP contribution in [-0.4, -0.2) is 29.3 Å². The van der Waals surface area contributed by atoms with E-state index in [1.165, 1.54) is 32.1 Å². The number of methoxy groups -OCH3 is 1. The van der Waals surface area contributed by atoms with Crippen LogP contribution in [0.3, 0.4) is 0 Å². The van der Waals surface area contributed by atoms with Crippen molar-refractivity contribution in [2.24, 2.45) is 5.92 Å². The number of Topliss-reactive ketones (excluding diaryl/α,β-unsaturated/α-hetero) is 1. The van der Waals surface area contributed by atoms with E-state index in [9.17, 15) is 4.79 Å². The molecule has 1 saturated carbocycles. The third-order valence-electron chi connectivity index (χ3n) is 4.07. The number of rotatable bonds is 7. The molecule has 0 aromatic carbocycles. The molecule has 0 atom stereocenters. The molecule has 0 spiro atoms. The summed E-state index contributed by atoms with van der Waals surface area (Å²) in [5.74, 6) is 0.816. The summed E-state index contributed by atoms with van der Waals surface area (Å²) in [6, 6.07) is 0. The smallest absolute Gasteiger partial charge is 0.182 e. The van der Waals surface area contributed by atoms with Crippen molar-refractivity contribution in [2.45, 2.75) is 51.5 Å². The van der Waals surface area contributed by atoms with Gasteiger partial charge in [0, 0.05) is 13.5 Å². The number of ketones is 1. The van der Waals surface area contributed by atoms with Crippen LogP contribution in [-0.2, 0) is 11.3 Å². The number of nitrogens with zero attached hydrogens (tertiary/aromatic N) is 2. The van der Waals surface area contributed by atoms with E-state index in [1.807, 2.05) is 0 Å². The van der Waals surface area contributed by atoms with E-state index in [4.69, 9.17) is 16.3 Å². The van der Waals surface area contributed by atoms with Gasteiger partial charge in [-0.15, -0.1) is 0 Å². The highest BCUT2D eigenvalue weighted by Crippen LogP contribution is 2.28. The number of ether oxygens (including phenoxy) is 1.